The normalized spacial score (nSPS) is 20.5. The van der Waals surface area contributed by atoms with Crippen LogP contribution in [-0.4, -0.2) is 21.6 Å². The fourth-order valence-electron chi connectivity index (χ4n) is 6.22. The first kappa shape index (κ1) is 24.6. The van der Waals surface area contributed by atoms with Gasteiger partial charge in [0.2, 0.25) is 0 Å². The predicted octanol–water partition coefficient (Wildman–Crippen LogP) is 6.78. The number of carbonyl (C=O) groups is 1. The van der Waals surface area contributed by atoms with Crippen molar-refractivity contribution >= 4 is 5.91 Å². The first-order chi connectivity index (χ1) is 16.6. The van der Waals surface area contributed by atoms with Crippen molar-refractivity contribution in [2.45, 2.75) is 122 Å². The van der Waals surface area contributed by atoms with E-state index in [0.29, 0.717) is 12.0 Å². The van der Waals surface area contributed by atoms with Gasteiger partial charge in [-0.25, -0.2) is 0 Å². The predicted molar refractivity (Wildman–Crippen MR) is 142 cm³/mol. The van der Waals surface area contributed by atoms with Gasteiger partial charge in [-0.2, -0.15) is 0 Å². The zero-order chi connectivity index (χ0) is 25.0. The molecule has 0 spiro atoms. The summed E-state index contributed by atoms with van der Waals surface area (Å²) >= 11 is 0. The van der Waals surface area contributed by atoms with Gasteiger partial charge in [0, 0.05) is 23.1 Å². The third kappa shape index (κ3) is 4.83. The van der Waals surface area contributed by atoms with Crippen LogP contribution >= 0.6 is 0 Å². The Hall–Kier alpha value is -2.07. The molecule has 1 heterocycles. The van der Waals surface area contributed by atoms with E-state index in [2.05, 4.69) is 48.9 Å². The smallest absolute Gasteiger partial charge is 0.253 e. The van der Waals surface area contributed by atoms with Crippen molar-refractivity contribution < 1.29 is 9.90 Å². The molecule has 35 heavy (non-hydrogen) atoms. The maximum absolute atomic E-state index is 13.5. The van der Waals surface area contributed by atoms with Crippen LogP contribution in [-0.2, 0) is 17.4 Å². The molecular weight excluding hydrogens is 432 g/mol. The molecule has 0 unspecified atom stereocenters. The molecule has 3 aliphatic rings. The minimum atomic E-state index is -0.917. The van der Waals surface area contributed by atoms with Crippen LogP contribution in [0.25, 0.3) is 5.69 Å². The van der Waals surface area contributed by atoms with Crippen LogP contribution in [0.4, 0.5) is 0 Å². The van der Waals surface area contributed by atoms with Crippen molar-refractivity contribution in [2.75, 3.05) is 0 Å². The van der Waals surface area contributed by atoms with Crippen molar-refractivity contribution in [3.63, 3.8) is 0 Å². The van der Waals surface area contributed by atoms with Crippen LogP contribution in [0.1, 0.15) is 123 Å². The average Bonchev–Trinajstić information content (AvgIpc) is 3.49. The summed E-state index contributed by atoms with van der Waals surface area (Å²) < 4.78 is 2.37. The molecule has 190 valence electrons. The summed E-state index contributed by atoms with van der Waals surface area (Å²) in [5.74, 6) is 0.761. The summed E-state index contributed by atoms with van der Waals surface area (Å²) in [6, 6.07) is 7.01. The maximum Gasteiger partial charge on any atom is 0.253 e. The number of benzene rings is 1. The van der Waals surface area contributed by atoms with Crippen LogP contribution in [0.5, 0.6) is 0 Å². The number of amides is 1. The second-order valence-electron chi connectivity index (χ2n) is 12.6. The molecular formula is C31H44N2O2. The molecule has 1 amide bonds. The van der Waals surface area contributed by atoms with Gasteiger partial charge in [-0.3, -0.25) is 4.79 Å². The largest absolute Gasteiger partial charge is 0.386 e. The van der Waals surface area contributed by atoms with E-state index in [1.54, 1.807) is 0 Å². The average molecular weight is 477 g/mol. The van der Waals surface area contributed by atoms with Crippen LogP contribution in [0.15, 0.2) is 18.2 Å². The topological polar surface area (TPSA) is 54.3 Å². The van der Waals surface area contributed by atoms with Crippen molar-refractivity contribution in [1.29, 1.82) is 0 Å². The number of nitrogens with one attached hydrogen (secondary N) is 1. The standard InChI is InChI=1S/C31H44N2O2/c1-20-27(16-22-10-7-6-8-11-22)33(21(2)28(20)29(34)32-25-12-9-13-25)26-18-23(30(3,4)35)17-24(19-26)31(5)14-15-31/h17-19,22,25,35H,6-16H2,1-5H3,(H,32,34). The summed E-state index contributed by atoms with van der Waals surface area (Å²) in [7, 11) is 0. The van der Waals surface area contributed by atoms with Crippen molar-refractivity contribution in [3.05, 3.63) is 51.8 Å². The fourth-order valence-corrected chi connectivity index (χ4v) is 6.22. The van der Waals surface area contributed by atoms with E-state index in [1.165, 1.54) is 62.6 Å². The Bertz CT molecular complexity index is 1080. The minimum Gasteiger partial charge on any atom is -0.386 e. The van der Waals surface area contributed by atoms with E-state index in [-0.39, 0.29) is 11.3 Å². The van der Waals surface area contributed by atoms with Crippen molar-refractivity contribution in [1.82, 2.24) is 9.88 Å². The summed E-state index contributed by atoms with van der Waals surface area (Å²) in [5.41, 5.74) is 6.95. The Labute approximate surface area is 211 Å². The molecule has 0 aliphatic heterocycles. The monoisotopic (exact) mass is 476 g/mol. The van der Waals surface area contributed by atoms with E-state index >= 15 is 0 Å². The molecule has 0 atom stereocenters. The Balaban J connectivity index is 1.64. The molecule has 1 aromatic heterocycles. The lowest BCUT2D eigenvalue weighted by Gasteiger charge is -2.26. The van der Waals surface area contributed by atoms with Crippen LogP contribution in [0, 0.1) is 19.8 Å². The number of hydrogen-bond acceptors (Lipinski definition) is 2. The molecule has 5 rings (SSSR count). The van der Waals surface area contributed by atoms with Crippen LogP contribution in [0.2, 0.25) is 0 Å². The molecule has 2 N–H and O–H groups in total. The quantitative estimate of drug-likeness (QED) is 0.463. The lowest BCUT2D eigenvalue weighted by Crippen LogP contribution is -2.39. The zero-order valence-corrected chi connectivity index (χ0v) is 22.5. The van der Waals surface area contributed by atoms with E-state index in [4.69, 9.17) is 0 Å². The Kier molecular flexibility index (Phi) is 6.40. The summed E-state index contributed by atoms with van der Waals surface area (Å²) in [4.78, 5) is 13.5. The molecule has 1 aromatic carbocycles. The van der Waals surface area contributed by atoms with Gasteiger partial charge in [0.15, 0.2) is 0 Å². The highest BCUT2D eigenvalue weighted by Gasteiger charge is 2.40. The van der Waals surface area contributed by atoms with Gasteiger partial charge in [0.05, 0.1) is 11.2 Å². The molecule has 3 aliphatic carbocycles. The summed E-state index contributed by atoms with van der Waals surface area (Å²) in [5, 5.41) is 14.3. The van der Waals surface area contributed by atoms with Gasteiger partial charge in [0.25, 0.3) is 5.91 Å². The molecule has 4 nitrogen and oxygen atoms in total. The highest BCUT2D eigenvalue weighted by atomic mass is 16.3. The zero-order valence-electron chi connectivity index (χ0n) is 22.5. The Morgan fingerprint density at radius 2 is 1.74 bits per heavy atom. The highest BCUT2D eigenvalue weighted by Crippen LogP contribution is 2.49. The second kappa shape index (κ2) is 9.10. The van der Waals surface area contributed by atoms with Gasteiger partial charge >= 0.3 is 0 Å². The van der Waals surface area contributed by atoms with Crippen molar-refractivity contribution in [3.8, 4) is 5.69 Å². The number of aliphatic hydroxyl groups is 1. The Morgan fingerprint density at radius 3 is 2.31 bits per heavy atom. The molecule has 0 radical (unpaired) electrons. The van der Waals surface area contributed by atoms with Crippen molar-refractivity contribution in [2.24, 2.45) is 5.92 Å². The third-order valence-electron chi connectivity index (χ3n) is 9.23. The van der Waals surface area contributed by atoms with Gasteiger partial charge in [0.1, 0.15) is 0 Å². The number of carbonyl (C=O) groups excluding carboxylic acids is 1. The third-order valence-corrected chi connectivity index (χ3v) is 9.23. The summed E-state index contributed by atoms with van der Waals surface area (Å²) in [6.07, 6.45) is 13.3. The SMILES string of the molecule is Cc1c(C(=O)NC2CCC2)c(C)n(-c2cc(C(C)(C)O)cc(C3(C)CC3)c2)c1CC1CCCCC1. The highest BCUT2D eigenvalue weighted by molar-refractivity contribution is 5.97. The van der Waals surface area contributed by atoms with Gasteiger partial charge < -0.3 is 15.0 Å². The minimum absolute atomic E-state index is 0.0846. The molecule has 3 saturated carbocycles. The molecule has 2 aromatic rings. The van der Waals surface area contributed by atoms with Gasteiger partial charge in [-0.15, -0.1) is 0 Å². The fraction of sp³-hybridized carbons (Fsp3) is 0.645. The molecule has 0 saturated heterocycles. The van der Waals surface area contributed by atoms with E-state index < -0.39 is 5.60 Å². The van der Waals surface area contributed by atoms with Gasteiger partial charge in [-0.1, -0.05) is 45.1 Å². The van der Waals surface area contributed by atoms with E-state index in [0.717, 1.165) is 47.3 Å². The maximum atomic E-state index is 13.5. The first-order valence-electron chi connectivity index (χ1n) is 14.0. The molecule has 0 bridgehead atoms. The van der Waals surface area contributed by atoms with Crippen LogP contribution in [0.3, 0.4) is 0 Å². The van der Waals surface area contributed by atoms with E-state index in [9.17, 15) is 9.90 Å². The number of nitrogens with zero attached hydrogens (tertiary/aromatic N) is 1. The number of aromatic nitrogens is 1. The Morgan fingerprint density at radius 1 is 1.06 bits per heavy atom. The second-order valence-corrected chi connectivity index (χ2v) is 12.6. The lowest BCUT2D eigenvalue weighted by molar-refractivity contribution is 0.0784. The number of hydrogen-bond donors (Lipinski definition) is 2. The first-order valence-corrected chi connectivity index (χ1v) is 14.0. The lowest BCUT2D eigenvalue weighted by atomic mass is 9.85. The molecule has 3 fully saturated rings. The summed E-state index contributed by atoms with van der Waals surface area (Å²) in [6.45, 7) is 10.3. The number of rotatable bonds is 7. The van der Waals surface area contributed by atoms with E-state index in [1.807, 2.05) is 13.8 Å². The van der Waals surface area contributed by atoms with Gasteiger partial charge in [-0.05, 0) is 106 Å². The van der Waals surface area contributed by atoms with Crippen LogP contribution < -0.4 is 5.32 Å². The molecule has 4 heteroatoms.